The van der Waals surface area contributed by atoms with Crippen molar-refractivity contribution in [1.82, 2.24) is 0 Å². The molecule has 7 heteroatoms. The summed E-state index contributed by atoms with van der Waals surface area (Å²) in [4.78, 5) is 33.0. The Hall–Kier alpha value is -2.41. The van der Waals surface area contributed by atoms with E-state index < -0.39 is 23.9 Å². The molecule has 0 heterocycles. The van der Waals surface area contributed by atoms with E-state index in [2.05, 4.69) is 5.32 Å². The summed E-state index contributed by atoms with van der Waals surface area (Å²) in [5.41, 5.74) is 6.65. The van der Waals surface area contributed by atoms with Crippen LogP contribution in [0.4, 0.5) is 5.69 Å². The van der Waals surface area contributed by atoms with Crippen molar-refractivity contribution < 1.29 is 24.6 Å². The van der Waals surface area contributed by atoms with Gasteiger partial charge in [-0.25, -0.2) is 4.79 Å². The smallest absolute Gasteiger partial charge is 0.335 e. The quantitative estimate of drug-likeness (QED) is 0.610. The molecule has 0 spiro atoms. The molecule has 0 aliphatic rings. The average Bonchev–Trinajstić information content (AvgIpc) is 2.37. The third-order valence-electron chi connectivity index (χ3n) is 2.75. The van der Waals surface area contributed by atoms with Gasteiger partial charge in [0.1, 0.15) is 0 Å². The van der Waals surface area contributed by atoms with Crippen molar-refractivity contribution in [1.29, 1.82) is 0 Å². The van der Waals surface area contributed by atoms with Crippen molar-refractivity contribution in [3.63, 3.8) is 0 Å². The third-order valence-corrected chi connectivity index (χ3v) is 2.75. The molecule has 108 valence electrons. The van der Waals surface area contributed by atoms with Crippen molar-refractivity contribution in [3.05, 3.63) is 29.3 Å². The Balaban J connectivity index is 2.77. The van der Waals surface area contributed by atoms with E-state index in [1.54, 1.807) is 13.0 Å². The van der Waals surface area contributed by atoms with Gasteiger partial charge in [0.15, 0.2) is 0 Å². The molecule has 1 amide bonds. The van der Waals surface area contributed by atoms with E-state index in [9.17, 15) is 14.4 Å². The Bertz CT molecular complexity index is 542. The summed E-state index contributed by atoms with van der Waals surface area (Å²) >= 11 is 0. The number of hydrogen-bond donors (Lipinski definition) is 4. The summed E-state index contributed by atoms with van der Waals surface area (Å²) in [6.07, 6.45) is -0.193. The van der Waals surface area contributed by atoms with Gasteiger partial charge in [-0.2, -0.15) is 0 Å². The first-order chi connectivity index (χ1) is 9.31. The second-order valence-electron chi connectivity index (χ2n) is 4.36. The van der Waals surface area contributed by atoms with E-state index in [0.717, 1.165) is 0 Å². The standard InChI is InChI=1S/C13H16N2O5/c1-7-2-3-8(13(19)20)6-10(7)15-12(18)9(14)4-5-11(16)17/h2-3,6,9H,4-5,14H2,1H3,(H,15,18)(H,16,17)(H,19,20)/t9-/m1/s1. The summed E-state index contributed by atoms with van der Waals surface area (Å²) in [6.45, 7) is 1.71. The molecule has 0 fully saturated rings. The van der Waals surface area contributed by atoms with Gasteiger partial charge in [-0.05, 0) is 31.0 Å². The fourth-order valence-electron chi connectivity index (χ4n) is 1.53. The van der Waals surface area contributed by atoms with Gasteiger partial charge in [-0.3, -0.25) is 9.59 Å². The first-order valence-corrected chi connectivity index (χ1v) is 5.93. The number of aryl methyl sites for hydroxylation is 1. The summed E-state index contributed by atoms with van der Waals surface area (Å²) < 4.78 is 0. The zero-order valence-electron chi connectivity index (χ0n) is 10.9. The number of aliphatic carboxylic acids is 1. The van der Waals surface area contributed by atoms with Crippen LogP contribution in [0.1, 0.15) is 28.8 Å². The van der Waals surface area contributed by atoms with Crippen LogP contribution in [0.2, 0.25) is 0 Å². The minimum absolute atomic E-state index is 0.0127. The van der Waals surface area contributed by atoms with Crippen LogP contribution < -0.4 is 11.1 Å². The summed E-state index contributed by atoms with van der Waals surface area (Å²) in [5.74, 6) is -2.68. The Morgan fingerprint density at radius 3 is 2.50 bits per heavy atom. The average molecular weight is 280 g/mol. The molecule has 1 atom stereocenters. The van der Waals surface area contributed by atoms with Crippen LogP contribution in [0.3, 0.4) is 0 Å². The lowest BCUT2D eigenvalue weighted by atomic mass is 10.1. The van der Waals surface area contributed by atoms with Gasteiger partial charge in [-0.1, -0.05) is 6.07 Å². The van der Waals surface area contributed by atoms with Crippen LogP contribution in [-0.4, -0.2) is 34.1 Å². The first kappa shape index (κ1) is 15.6. The highest BCUT2D eigenvalue weighted by Crippen LogP contribution is 2.17. The summed E-state index contributed by atoms with van der Waals surface area (Å²) in [7, 11) is 0. The van der Waals surface area contributed by atoms with Gasteiger partial charge >= 0.3 is 11.9 Å². The van der Waals surface area contributed by atoms with E-state index in [-0.39, 0.29) is 18.4 Å². The van der Waals surface area contributed by atoms with Crippen molar-refractivity contribution in [2.24, 2.45) is 5.73 Å². The van der Waals surface area contributed by atoms with Crippen LogP contribution >= 0.6 is 0 Å². The number of carbonyl (C=O) groups excluding carboxylic acids is 1. The number of carbonyl (C=O) groups is 3. The fraction of sp³-hybridized carbons (Fsp3) is 0.308. The molecule has 0 saturated carbocycles. The highest BCUT2D eigenvalue weighted by Gasteiger charge is 2.16. The van der Waals surface area contributed by atoms with Crippen LogP contribution in [0.15, 0.2) is 18.2 Å². The topological polar surface area (TPSA) is 130 Å². The molecule has 0 aromatic heterocycles. The normalized spacial score (nSPS) is 11.7. The maximum absolute atomic E-state index is 11.8. The number of amides is 1. The van der Waals surface area contributed by atoms with Gasteiger partial charge in [0.25, 0.3) is 0 Å². The number of rotatable bonds is 6. The molecule has 1 rings (SSSR count). The molecular formula is C13H16N2O5. The number of nitrogens with two attached hydrogens (primary N) is 1. The molecule has 0 saturated heterocycles. The van der Waals surface area contributed by atoms with Crippen molar-refractivity contribution in [3.8, 4) is 0 Å². The van der Waals surface area contributed by atoms with Crippen molar-refractivity contribution in [2.75, 3.05) is 5.32 Å². The van der Waals surface area contributed by atoms with Gasteiger partial charge < -0.3 is 21.3 Å². The number of aromatic carboxylic acids is 1. The second kappa shape index (κ2) is 6.67. The lowest BCUT2D eigenvalue weighted by Crippen LogP contribution is -2.36. The number of benzene rings is 1. The van der Waals surface area contributed by atoms with Gasteiger partial charge in [0, 0.05) is 12.1 Å². The predicted molar refractivity (Wildman–Crippen MR) is 71.6 cm³/mol. The molecule has 7 nitrogen and oxygen atoms in total. The lowest BCUT2D eigenvalue weighted by molar-refractivity contribution is -0.137. The van der Waals surface area contributed by atoms with E-state index in [1.807, 2.05) is 0 Å². The molecule has 1 aromatic rings. The molecule has 1 aromatic carbocycles. The predicted octanol–water partition coefficient (Wildman–Crippen LogP) is 0.824. The van der Waals surface area contributed by atoms with Gasteiger partial charge in [-0.15, -0.1) is 0 Å². The molecule has 20 heavy (non-hydrogen) atoms. The van der Waals surface area contributed by atoms with Crippen molar-refractivity contribution in [2.45, 2.75) is 25.8 Å². The zero-order valence-corrected chi connectivity index (χ0v) is 10.9. The van der Waals surface area contributed by atoms with Gasteiger partial charge in [0.2, 0.25) is 5.91 Å². The Kier molecular flexibility index (Phi) is 5.22. The largest absolute Gasteiger partial charge is 0.481 e. The minimum Gasteiger partial charge on any atom is -0.481 e. The molecule has 5 N–H and O–H groups in total. The number of anilines is 1. The van der Waals surface area contributed by atoms with E-state index in [0.29, 0.717) is 11.3 Å². The fourth-order valence-corrected chi connectivity index (χ4v) is 1.53. The monoisotopic (exact) mass is 280 g/mol. The molecule has 0 aliphatic carbocycles. The minimum atomic E-state index is -1.10. The highest BCUT2D eigenvalue weighted by molar-refractivity contribution is 5.97. The number of nitrogens with one attached hydrogen (secondary N) is 1. The summed E-state index contributed by atoms with van der Waals surface area (Å²) in [5, 5.41) is 19.9. The third kappa shape index (κ3) is 4.36. The van der Waals surface area contributed by atoms with Crippen LogP contribution in [0, 0.1) is 6.92 Å². The highest BCUT2D eigenvalue weighted by atomic mass is 16.4. The Labute approximate surface area is 115 Å². The SMILES string of the molecule is Cc1ccc(C(=O)O)cc1NC(=O)[C@H](N)CCC(=O)O. The molecule has 0 unspecified atom stereocenters. The summed E-state index contributed by atoms with van der Waals surface area (Å²) in [6, 6.07) is 3.37. The lowest BCUT2D eigenvalue weighted by Gasteiger charge is -2.13. The molecular weight excluding hydrogens is 264 g/mol. The Morgan fingerprint density at radius 1 is 1.30 bits per heavy atom. The zero-order chi connectivity index (χ0) is 15.3. The Morgan fingerprint density at radius 2 is 1.95 bits per heavy atom. The van der Waals surface area contributed by atoms with Crippen LogP contribution in [-0.2, 0) is 9.59 Å². The first-order valence-electron chi connectivity index (χ1n) is 5.93. The molecule has 0 aliphatic heterocycles. The maximum Gasteiger partial charge on any atom is 0.335 e. The van der Waals surface area contributed by atoms with Crippen molar-refractivity contribution >= 4 is 23.5 Å². The van der Waals surface area contributed by atoms with E-state index >= 15 is 0 Å². The maximum atomic E-state index is 11.8. The van der Waals surface area contributed by atoms with Crippen LogP contribution in [0.5, 0.6) is 0 Å². The second-order valence-corrected chi connectivity index (χ2v) is 4.36. The number of hydrogen-bond acceptors (Lipinski definition) is 4. The molecule has 0 bridgehead atoms. The number of carboxylic acid groups (broad SMARTS) is 2. The van der Waals surface area contributed by atoms with E-state index in [1.165, 1.54) is 12.1 Å². The number of carboxylic acids is 2. The van der Waals surface area contributed by atoms with Crippen LogP contribution in [0.25, 0.3) is 0 Å². The van der Waals surface area contributed by atoms with Gasteiger partial charge in [0.05, 0.1) is 11.6 Å². The molecule has 0 radical (unpaired) electrons. The van der Waals surface area contributed by atoms with E-state index in [4.69, 9.17) is 15.9 Å².